The molecule has 140 valence electrons. The normalized spacial score (nSPS) is 18.3. The van der Waals surface area contributed by atoms with Gasteiger partial charge < -0.3 is 26.0 Å². The van der Waals surface area contributed by atoms with Crippen LogP contribution >= 0.6 is 0 Å². The first-order valence-electron chi connectivity index (χ1n) is 9.04. The molecule has 0 saturated carbocycles. The van der Waals surface area contributed by atoms with E-state index in [1.54, 1.807) is 0 Å². The number of anilines is 2. The van der Waals surface area contributed by atoms with Crippen molar-refractivity contribution in [2.45, 2.75) is 32.8 Å². The maximum Gasteiger partial charge on any atom is 0.195 e. The van der Waals surface area contributed by atoms with Crippen LogP contribution in [-0.2, 0) is 4.74 Å². The summed E-state index contributed by atoms with van der Waals surface area (Å²) in [6.45, 7) is 7.15. The lowest BCUT2D eigenvalue weighted by molar-refractivity contribution is 0.114. The molecular weight excluding hydrogens is 314 g/mol. The lowest BCUT2D eigenvalue weighted by Gasteiger charge is -2.21. The number of guanidine groups is 1. The van der Waals surface area contributed by atoms with Gasteiger partial charge in [-0.3, -0.25) is 4.99 Å². The summed E-state index contributed by atoms with van der Waals surface area (Å²) in [5, 5.41) is 6.80. The van der Waals surface area contributed by atoms with E-state index >= 15 is 0 Å². The van der Waals surface area contributed by atoms with Crippen LogP contribution in [0.2, 0.25) is 0 Å². The van der Waals surface area contributed by atoms with Crippen LogP contribution in [0, 0.1) is 5.41 Å². The van der Waals surface area contributed by atoms with E-state index < -0.39 is 0 Å². The minimum Gasteiger partial charge on any atom is -0.378 e. The SMILES string of the molecule is CN(C)c1ccc(NC(=NCC(C)(C)CN)NCC2CCCO2)cc1. The average Bonchev–Trinajstić information content (AvgIpc) is 3.11. The van der Waals surface area contributed by atoms with Crippen molar-refractivity contribution >= 4 is 17.3 Å². The van der Waals surface area contributed by atoms with E-state index in [9.17, 15) is 0 Å². The highest BCUT2D eigenvalue weighted by atomic mass is 16.5. The Morgan fingerprint density at radius 2 is 2.04 bits per heavy atom. The first-order valence-corrected chi connectivity index (χ1v) is 9.04. The van der Waals surface area contributed by atoms with Crippen LogP contribution < -0.4 is 21.3 Å². The number of hydrogen-bond donors (Lipinski definition) is 3. The molecule has 25 heavy (non-hydrogen) atoms. The van der Waals surface area contributed by atoms with Crippen LogP contribution in [0.25, 0.3) is 0 Å². The molecule has 6 heteroatoms. The Labute approximate surface area is 151 Å². The summed E-state index contributed by atoms with van der Waals surface area (Å²) in [6, 6.07) is 8.30. The molecule has 1 aromatic rings. The number of hydrogen-bond acceptors (Lipinski definition) is 4. The molecular formula is C19H33N5O. The Bertz CT molecular complexity index is 547. The second-order valence-electron chi connectivity index (χ2n) is 7.62. The summed E-state index contributed by atoms with van der Waals surface area (Å²) >= 11 is 0. The summed E-state index contributed by atoms with van der Waals surface area (Å²) < 4.78 is 5.69. The fraction of sp³-hybridized carbons (Fsp3) is 0.632. The van der Waals surface area contributed by atoms with Crippen LogP contribution in [0.4, 0.5) is 11.4 Å². The van der Waals surface area contributed by atoms with E-state index in [0.717, 1.165) is 37.6 Å². The monoisotopic (exact) mass is 347 g/mol. The Hall–Kier alpha value is -1.79. The molecule has 1 aliphatic heterocycles. The van der Waals surface area contributed by atoms with E-state index in [2.05, 4.69) is 53.6 Å². The number of benzene rings is 1. The predicted octanol–water partition coefficient (Wildman–Crippen LogP) is 2.27. The Balaban J connectivity index is 2.02. The second-order valence-corrected chi connectivity index (χ2v) is 7.62. The van der Waals surface area contributed by atoms with Crippen LogP contribution in [0.3, 0.4) is 0 Å². The van der Waals surface area contributed by atoms with Crippen molar-refractivity contribution in [3.63, 3.8) is 0 Å². The van der Waals surface area contributed by atoms with E-state index in [4.69, 9.17) is 15.5 Å². The molecule has 6 nitrogen and oxygen atoms in total. The van der Waals surface area contributed by atoms with Gasteiger partial charge in [0.2, 0.25) is 0 Å². The maximum absolute atomic E-state index is 5.83. The van der Waals surface area contributed by atoms with Crippen LogP contribution in [0.1, 0.15) is 26.7 Å². The topological polar surface area (TPSA) is 74.9 Å². The quantitative estimate of drug-likeness (QED) is 0.521. The van der Waals surface area contributed by atoms with E-state index in [0.29, 0.717) is 13.1 Å². The zero-order valence-corrected chi connectivity index (χ0v) is 16.0. The Morgan fingerprint density at radius 3 is 2.60 bits per heavy atom. The molecule has 2 rings (SSSR count). The molecule has 1 aliphatic rings. The smallest absolute Gasteiger partial charge is 0.195 e. The predicted molar refractivity (Wildman–Crippen MR) is 107 cm³/mol. The van der Waals surface area contributed by atoms with Crippen molar-refractivity contribution in [1.82, 2.24) is 5.32 Å². The van der Waals surface area contributed by atoms with Gasteiger partial charge >= 0.3 is 0 Å². The molecule has 0 amide bonds. The fourth-order valence-corrected chi connectivity index (χ4v) is 2.49. The first-order chi connectivity index (χ1) is 11.9. The summed E-state index contributed by atoms with van der Waals surface area (Å²) in [5.74, 6) is 0.773. The van der Waals surface area contributed by atoms with Crippen molar-refractivity contribution in [1.29, 1.82) is 0 Å². The van der Waals surface area contributed by atoms with Crippen molar-refractivity contribution in [3.8, 4) is 0 Å². The number of aliphatic imine (C=N–C) groups is 1. The highest BCUT2D eigenvalue weighted by Gasteiger charge is 2.17. The molecule has 1 saturated heterocycles. The number of nitrogens with zero attached hydrogens (tertiary/aromatic N) is 2. The van der Waals surface area contributed by atoms with Crippen molar-refractivity contribution in [3.05, 3.63) is 24.3 Å². The number of nitrogens with one attached hydrogen (secondary N) is 2. The average molecular weight is 348 g/mol. The highest BCUT2D eigenvalue weighted by Crippen LogP contribution is 2.17. The first kappa shape index (κ1) is 19.5. The van der Waals surface area contributed by atoms with E-state index in [1.807, 2.05) is 14.1 Å². The maximum atomic E-state index is 5.83. The zero-order valence-electron chi connectivity index (χ0n) is 16.0. The van der Waals surface area contributed by atoms with Crippen molar-refractivity contribution in [2.75, 3.05) is 50.6 Å². The molecule has 1 fully saturated rings. The number of ether oxygens (including phenoxy) is 1. The largest absolute Gasteiger partial charge is 0.378 e. The van der Waals surface area contributed by atoms with E-state index in [-0.39, 0.29) is 11.5 Å². The molecule has 0 bridgehead atoms. The minimum atomic E-state index is -0.0206. The standard InChI is InChI=1S/C19H33N5O/c1-19(2,13-20)14-22-18(21-12-17-6-5-11-25-17)23-15-7-9-16(10-8-15)24(3)4/h7-10,17H,5-6,11-14,20H2,1-4H3,(H2,21,22,23). The molecule has 1 unspecified atom stereocenters. The summed E-state index contributed by atoms with van der Waals surface area (Å²) in [5.41, 5.74) is 7.98. The number of rotatable bonds is 7. The molecule has 4 N–H and O–H groups in total. The molecule has 0 aliphatic carbocycles. The molecule has 1 atom stereocenters. The van der Waals surface area contributed by atoms with Crippen LogP contribution in [0.15, 0.2) is 29.3 Å². The summed E-state index contributed by atoms with van der Waals surface area (Å²) in [6.07, 6.45) is 2.51. The van der Waals surface area contributed by atoms with E-state index in [1.165, 1.54) is 5.69 Å². The molecule has 1 aromatic carbocycles. The Kier molecular flexibility index (Phi) is 7.08. The van der Waals surface area contributed by atoms with Gasteiger partial charge in [0, 0.05) is 45.2 Å². The van der Waals surface area contributed by atoms with Gasteiger partial charge in [-0.1, -0.05) is 13.8 Å². The van der Waals surface area contributed by atoms with Gasteiger partial charge in [-0.25, -0.2) is 0 Å². The molecule has 0 aromatic heterocycles. The summed E-state index contributed by atoms with van der Waals surface area (Å²) in [7, 11) is 4.07. The summed E-state index contributed by atoms with van der Waals surface area (Å²) in [4.78, 5) is 6.81. The van der Waals surface area contributed by atoms with Gasteiger partial charge in [0.25, 0.3) is 0 Å². The number of nitrogens with two attached hydrogens (primary N) is 1. The highest BCUT2D eigenvalue weighted by molar-refractivity contribution is 5.93. The lowest BCUT2D eigenvalue weighted by atomic mass is 9.94. The van der Waals surface area contributed by atoms with Gasteiger partial charge in [-0.05, 0) is 49.1 Å². The van der Waals surface area contributed by atoms with Crippen LogP contribution in [0.5, 0.6) is 0 Å². The lowest BCUT2D eigenvalue weighted by Crippen LogP contribution is -2.38. The molecule has 1 heterocycles. The van der Waals surface area contributed by atoms with Gasteiger partial charge in [0.1, 0.15) is 0 Å². The van der Waals surface area contributed by atoms with Gasteiger partial charge in [0.15, 0.2) is 5.96 Å². The zero-order chi connectivity index (χ0) is 18.3. The van der Waals surface area contributed by atoms with Crippen LogP contribution in [-0.4, -0.2) is 52.4 Å². The van der Waals surface area contributed by atoms with Gasteiger partial charge in [-0.2, -0.15) is 0 Å². The molecule has 0 spiro atoms. The second kappa shape index (κ2) is 9.06. The Morgan fingerprint density at radius 1 is 1.32 bits per heavy atom. The minimum absolute atomic E-state index is 0.0206. The third-order valence-electron chi connectivity index (χ3n) is 4.39. The third-order valence-corrected chi connectivity index (χ3v) is 4.39. The fourth-order valence-electron chi connectivity index (χ4n) is 2.49. The van der Waals surface area contributed by atoms with Crippen molar-refractivity contribution < 1.29 is 4.74 Å². The third kappa shape index (κ3) is 6.55. The molecule has 0 radical (unpaired) electrons. The van der Waals surface area contributed by atoms with Crippen molar-refractivity contribution in [2.24, 2.45) is 16.1 Å². The van der Waals surface area contributed by atoms with Gasteiger partial charge in [-0.15, -0.1) is 0 Å². The van der Waals surface area contributed by atoms with Gasteiger partial charge in [0.05, 0.1) is 6.10 Å².